The standard InChI is InChI=1S/C16H32N4O3/c1-4-18-15(20-12-16(2,3)14(17)21)19-8-6-9-22-11-13-7-5-10-23-13/h13H,4-12H2,1-3H3,(H2,17,21)(H2,18,19,20). The molecule has 0 aromatic rings. The summed E-state index contributed by atoms with van der Waals surface area (Å²) in [6.45, 7) is 9.70. The van der Waals surface area contributed by atoms with Gasteiger partial charge in [0.1, 0.15) is 0 Å². The molecule has 1 saturated heterocycles. The van der Waals surface area contributed by atoms with E-state index in [4.69, 9.17) is 15.2 Å². The summed E-state index contributed by atoms with van der Waals surface area (Å²) in [4.78, 5) is 15.7. The number of hydrogen-bond donors (Lipinski definition) is 3. The summed E-state index contributed by atoms with van der Waals surface area (Å²) in [5.74, 6) is 0.348. The summed E-state index contributed by atoms with van der Waals surface area (Å²) >= 11 is 0. The fourth-order valence-electron chi connectivity index (χ4n) is 2.07. The molecule has 0 bridgehead atoms. The Labute approximate surface area is 139 Å². The van der Waals surface area contributed by atoms with Gasteiger partial charge in [-0.2, -0.15) is 0 Å². The van der Waals surface area contributed by atoms with Crippen LogP contribution in [0.4, 0.5) is 0 Å². The quantitative estimate of drug-likeness (QED) is 0.310. The van der Waals surface area contributed by atoms with E-state index in [-0.39, 0.29) is 12.0 Å². The van der Waals surface area contributed by atoms with E-state index in [0.717, 1.165) is 39.0 Å². The van der Waals surface area contributed by atoms with Gasteiger partial charge in [0.2, 0.25) is 5.91 Å². The molecule has 0 radical (unpaired) electrons. The van der Waals surface area contributed by atoms with Crippen LogP contribution in [0.1, 0.15) is 40.0 Å². The minimum Gasteiger partial charge on any atom is -0.379 e. The maximum Gasteiger partial charge on any atom is 0.224 e. The van der Waals surface area contributed by atoms with Crippen molar-refractivity contribution in [2.24, 2.45) is 16.1 Å². The summed E-state index contributed by atoms with van der Waals surface area (Å²) in [5.41, 5.74) is 4.72. The Morgan fingerprint density at radius 2 is 2.22 bits per heavy atom. The Bertz CT molecular complexity index is 380. The molecule has 134 valence electrons. The van der Waals surface area contributed by atoms with Crippen LogP contribution in [0.5, 0.6) is 0 Å². The summed E-state index contributed by atoms with van der Waals surface area (Å²) < 4.78 is 11.1. The minimum atomic E-state index is -0.646. The van der Waals surface area contributed by atoms with Crippen molar-refractivity contribution in [3.63, 3.8) is 0 Å². The SMILES string of the molecule is CCNC(=NCC(C)(C)C(N)=O)NCCCOCC1CCCO1. The number of ether oxygens (including phenoxy) is 2. The van der Waals surface area contributed by atoms with Crippen LogP contribution < -0.4 is 16.4 Å². The molecular formula is C16H32N4O3. The first-order valence-corrected chi connectivity index (χ1v) is 8.47. The predicted molar refractivity (Wildman–Crippen MR) is 91.4 cm³/mol. The van der Waals surface area contributed by atoms with Gasteiger partial charge in [-0.25, -0.2) is 0 Å². The largest absolute Gasteiger partial charge is 0.379 e. The molecule has 7 nitrogen and oxygen atoms in total. The Balaban J connectivity index is 2.20. The highest BCUT2D eigenvalue weighted by Crippen LogP contribution is 2.14. The summed E-state index contributed by atoms with van der Waals surface area (Å²) in [6.07, 6.45) is 3.40. The number of amides is 1. The molecule has 1 unspecified atom stereocenters. The van der Waals surface area contributed by atoms with Gasteiger partial charge in [0.15, 0.2) is 5.96 Å². The van der Waals surface area contributed by atoms with E-state index in [9.17, 15) is 4.79 Å². The number of hydrogen-bond acceptors (Lipinski definition) is 4. The van der Waals surface area contributed by atoms with Gasteiger partial charge in [-0.05, 0) is 40.0 Å². The highest BCUT2D eigenvalue weighted by molar-refractivity contribution is 5.82. The Morgan fingerprint density at radius 1 is 1.43 bits per heavy atom. The first-order chi connectivity index (χ1) is 11.0. The van der Waals surface area contributed by atoms with Crippen LogP contribution in [0.25, 0.3) is 0 Å². The number of carbonyl (C=O) groups excluding carboxylic acids is 1. The lowest BCUT2D eigenvalue weighted by Crippen LogP contribution is -2.40. The highest BCUT2D eigenvalue weighted by Gasteiger charge is 2.24. The van der Waals surface area contributed by atoms with Crippen molar-refractivity contribution in [2.45, 2.75) is 46.1 Å². The number of aliphatic imine (C=N–C) groups is 1. The first-order valence-electron chi connectivity index (χ1n) is 8.47. The zero-order valence-corrected chi connectivity index (χ0v) is 14.7. The van der Waals surface area contributed by atoms with Gasteiger partial charge in [-0.15, -0.1) is 0 Å². The fourth-order valence-corrected chi connectivity index (χ4v) is 2.07. The Morgan fingerprint density at radius 3 is 2.83 bits per heavy atom. The topological polar surface area (TPSA) is 98.0 Å². The molecule has 1 heterocycles. The molecule has 1 amide bonds. The van der Waals surface area contributed by atoms with Crippen molar-refractivity contribution in [3.05, 3.63) is 0 Å². The minimum absolute atomic E-state index is 0.276. The zero-order chi connectivity index (χ0) is 17.1. The van der Waals surface area contributed by atoms with E-state index in [0.29, 0.717) is 25.7 Å². The van der Waals surface area contributed by atoms with Gasteiger partial charge in [0.05, 0.1) is 24.7 Å². The summed E-state index contributed by atoms with van der Waals surface area (Å²) in [7, 11) is 0. The fraction of sp³-hybridized carbons (Fsp3) is 0.875. The van der Waals surface area contributed by atoms with Gasteiger partial charge in [-0.3, -0.25) is 9.79 Å². The molecule has 7 heteroatoms. The number of carbonyl (C=O) groups is 1. The van der Waals surface area contributed by atoms with Crippen molar-refractivity contribution >= 4 is 11.9 Å². The van der Waals surface area contributed by atoms with E-state index in [1.807, 2.05) is 6.92 Å². The highest BCUT2D eigenvalue weighted by atomic mass is 16.5. The molecule has 4 N–H and O–H groups in total. The summed E-state index contributed by atoms with van der Waals surface area (Å²) in [5, 5.41) is 6.39. The van der Waals surface area contributed by atoms with Crippen molar-refractivity contribution in [2.75, 3.05) is 39.5 Å². The van der Waals surface area contributed by atoms with Crippen LogP contribution in [0.2, 0.25) is 0 Å². The molecule has 0 aromatic carbocycles. The molecule has 1 atom stereocenters. The molecule has 0 aliphatic carbocycles. The van der Waals surface area contributed by atoms with Crippen molar-refractivity contribution < 1.29 is 14.3 Å². The molecule has 1 aliphatic rings. The van der Waals surface area contributed by atoms with Crippen molar-refractivity contribution in [1.82, 2.24) is 10.6 Å². The van der Waals surface area contributed by atoms with Gasteiger partial charge in [0.25, 0.3) is 0 Å². The second-order valence-electron chi connectivity index (χ2n) is 6.43. The van der Waals surface area contributed by atoms with Crippen LogP contribution in [-0.4, -0.2) is 57.4 Å². The molecule has 1 aliphatic heterocycles. The van der Waals surface area contributed by atoms with Gasteiger partial charge < -0.3 is 25.8 Å². The molecule has 23 heavy (non-hydrogen) atoms. The number of nitrogens with two attached hydrogens (primary N) is 1. The molecule has 0 saturated carbocycles. The molecule has 0 aromatic heterocycles. The number of nitrogens with zero attached hydrogens (tertiary/aromatic N) is 1. The van der Waals surface area contributed by atoms with Crippen LogP contribution in [0.15, 0.2) is 4.99 Å². The number of nitrogens with one attached hydrogen (secondary N) is 2. The smallest absolute Gasteiger partial charge is 0.224 e. The summed E-state index contributed by atoms with van der Waals surface area (Å²) in [6, 6.07) is 0. The third-order valence-electron chi connectivity index (χ3n) is 3.73. The third kappa shape index (κ3) is 8.18. The van der Waals surface area contributed by atoms with E-state index in [1.165, 1.54) is 0 Å². The molecule has 1 rings (SSSR count). The first kappa shape index (κ1) is 19.7. The lowest BCUT2D eigenvalue weighted by Gasteiger charge is -2.19. The maximum atomic E-state index is 11.3. The van der Waals surface area contributed by atoms with Crippen molar-refractivity contribution in [1.29, 1.82) is 0 Å². The van der Waals surface area contributed by atoms with Crippen LogP contribution in [0, 0.1) is 5.41 Å². The molecule has 0 spiro atoms. The van der Waals surface area contributed by atoms with Gasteiger partial charge >= 0.3 is 0 Å². The average molecular weight is 328 g/mol. The van der Waals surface area contributed by atoms with E-state index < -0.39 is 5.41 Å². The second-order valence-corrected chi connectivity index (χ2v) is 6.43. The molecular weight excluding hydrogens is 296 g/mol. The van der Waals surface area contributed by atoms with E-state index in [1.54, 1.807) is 13.8 Å². The lowest BCUT2D eigenvalue weighted by atomic mass is 9.93. The zero-order valence-electron chi connectivity index (χ0n) is 14.7. The molecule has 1 fully saturated rings. The van der Waals surface area contributed by atoms with Crippen LogP contribution >= 0.6 is 0 Å². The Kier molecular flexibility index (Phi) is 8.94. The van der Waals surface area contributed by atoms with Gasteiger partial charge in [0, 0.05) is 26.3 Å². The van der Waals surface area contributed by atoms with E-state index in [2.05, 4.69) is 15.6 Å². The van der Waals surface area contributed by atoms with Crippen LogP contribution in [-0.2, 0) is 14.3 Å². The number of primary amides is 1. The average Bonchev–Trinajstić information content (AvgIpc) is 3.01. The number of rotatable bonds is 10. The van der Waals surface area contributed by atoms with E-state index >= 15 is 0 Å². The third-order valence-corrected chi connectivity index (χ3v) is 3.73. The normalized spacial score (nSPS) is 18.9. The Hall–Kier alpha value is -1.34. The maximum absolute atomic E-state index is 11.3. The van der Waals surface area contributed by atoms with Crippen LogP contribution in [0.3, 0.4) is 0 Å². The second kappa shape index (κ2) is 10.4. The monoisotopic (exact) mass is 328 g/mol. The lowest BCUT2D eigenvalue weighted by molar-refractivity contribution is -0.125. The van der Waals surface area contributed by atoms with Gasteiger partial charge in [-0.1, -0.05) is 0 Å². The predicted octanol–water partition coefficient (Wildman–Crippen LogP) is 0.639. The number of guanidine groups is 1. The van der Waals surface area contributed by atoms with Crippen molar-refractivity contribution in [3.8, 4) is 0 Å².